The number of rotatable bonds is 6. The Hall–Kier alpha value is -1.20. The van der Waals surface area contributed by atoms with Gasteiger partial charge in [-0.25, -0.2) is 4.98 Å². The van der Waals surface area contributed by atoms with Crippen molar-refractivity contribution in [1.82, 2.24) is 20.1 Å². The molecule has 2 aromatic rings. The molecule has 1 N–H and O–H groups in total. The van der Waals surface area contributed by atoms with Crippen LogP contribution in [0.1, 0.15) is 24.2 Å². The van der Waals surface area contributed by atoms with E-state index < -0.39 is 0 Å². The molecule has 0 aliphatic rings. The van der Waals surface area contributed by atoms with Gasteiger partial charge in [-0.1, -0.05) is 28.1 Å². The summed E-state index contributed by atoms with van der Waals surface area (Å²) in [6, 6.07) is 8.50. The van der Waals surface area contributed by atoms with Crippen LogP contribution in [0.4, 0.5) is 0 Å². The molecule has 1 heterocycles. The number of benzene rings is 1. The van der Waals surface area contributed by atoms with Gasteiger partial charge in [0.05, 0.1) is 0 Å². The van der Waals surface area contributed by atoms with E-state index in [0.29, 0.717) is 5.92 Å². The third kappa shape index (κ3) is 3.64. The Morgan fingerprint density at radius 1 is 1.32 bits per heavy atom. The van der Waals surface area contributed by atoms with Crippen molar-refractivity contribution in [3.05, 3.63) is 46.5 Å². The lowest BCUT2D eigenvalue weighted by Gasteiger charge is -2.17. The summed E-state index contributed by atoms with van der Waals surface area (Å²) in [5, 5.41) is 7.49. The van der Waals surface area contributed by atoms with Gasteiger partial charge < -0.3 is 5.32 Å². The van der Waals surface area contributed by atoms with E-state index in [2.05, 4.69) is 62.5 Å². The summed E-state index contributed by atoms with van der Waals surface area (Å²) < 4.78 is 3.07. The zero-order chi connectivity index (χ0) is 13.7. The molecule has 0 aliphatic carbocycles. The highest BCUT2D eigenvalue weighted by atomic mass is 79.9. The van der Waals surface area contributed by atoms with Crippen LogP contribution in [0.2, 0.25) is 0 Å². The number of nitrogens with one attached hydrogen (secondary N) is 1. The predicted molar refractivity (Wildman–Crippen MR) is 80.2 cm³/mol. The van der Waals surface area contributed by atoms with Crippen molar-refractivity contribution >= 4 is 15.9 Å². The van der Waals surface area contributed by atoms with Crippen LogP contribution in [0, 0.1) is 0 Å². The second-order valence-electron chi connectivity index (χ2n) is 4.50. The molecule has 0 fully saturated rings. The lowest BCUT2D eigenvalue weighted by molar-refractivity contribution is 0.556. The molecule has 0 radical (unpaired) electrons. The number of nitrogens with zero attached hydrogens (tertiary/aromatic N) is 3. The van der Waals surface area contributed by atoms with Gasteiger partial charge in [0.2, 0.25) is 0 Å². The highest BCUT2D eigenvalue weighted by Gasteiger charge is 2.15. The number of halogens is 1. The average Bonchev–Trinajstić information content (AvgIpc) is 2.86. The molecule has 5 heteroatoms. The average molecular weight is 323 g/mol. The Kier molecular flexibility index (Phi) is 5.10. The fourth-order valence-corrected chi connectivity index (χ4v) is 2.48. The van der Waals surface area contributed by atoms with Crippen molar-refractivity contribution in [1.29, 1.82) is 0 Å². The van der Waals surface area contributed by atoms with Gasteiger partial charge in [0.1, 0.15) is 12.2 Å². The number of aryl methyl sites for hydroxylation is 1. The van der Waals surface area contributed by atoms with Crippen LogP contribution in [0.3, 0.4) is 0 Å². The molecule has 0 saturated heterocycles. The van der Waals surface area contributed by atoms with Crippen LogP contribution in [-0.4, -0.2) is 28.4 Å². The van der Waals surface area contributed by atoms with Crippen molar-refractivity contribution in [3.63, 3.8) is 0 Å². The first kappa shape index (κ1) is 14.2. The fourth-order valence-electron chi connectivity index (χ4n) is 2.22. The molecule has 0 amide bonds. The largest absolute Gasteiger partial charge is 0.319 e. The summed E-state index contributed by atoms with van der Waals surface area (Å²) >= 11 is 3.47. The van der Waals surface area contributed by atoms with E-state index in [1.54, 1.807) is 6.33 Å². The third-order valence-electron chi connectivity index (χ3n) is 3.22. The molecule has 0 bridgehead atoms. The molecule has 0 aliphatic heterocycles. The monoisotopic (exact) mass is 322 g/mol. The van der Waals surface area contributed by atoms with E-state index in [1.165, 1.54) is 5.56 Å². The van der Waals surface area contributed by atoms with Crippen molar-refractivity contribution in [2.75, 3.05) is 13.6 Å². The summed E-state index contributed by atoms with van der Waals surface area (Å²) in [5.41, 5.74) is 1.32. The van der Waals surface area contributed by atoms with Crippen LogP contribution in [-0.2, 0) is 13.0 Å². The minimum Gasteiger partial charge on any atom is -0.319 e. The number of aromatic nitrogens is 3. The van der Waals surface area contributed by atoms with E-state index in [9.17, 15) is 0 Å². The van der Waals surface area contributed by atoms with Crippen LogP contribution in [0.25, 0.3) is 0 Å². The summed E-state index contributed by atoms with van der Waals surface area (Å²) in [5.74, 6) is 1.46. The lowest BCUT2D eigenvalue weighted by Crippen LogP contribution is -2.21. The predicted octanol–water partition coefficient (Wildman–Crippen LogP) is 2.61. The Morgan fingerprint density at radius 2 is 2.05 bits per heavy atom. The van der Waals surface area contributed by atoms with Crippen LogP contribution in [0.15, 0.2) is 35.1 Å². The molecule has 1 aromatic heterocycles. The number of hydrogen-bond donors (Lipinski definition) is 1. The van der Waals surface area contributed by atoms with Gasteiger partial charge in [0, 0.05) is 29.9 Å². The SMILES string of the molecule is CCn1ncnc1CC(CNC)c1ccc(Br)cc1. The van der Waals surface area contributed by atoms with Gasteiger partial charge in [-0.2, -0.15) is 5.10 Å². The number of hydrogen-bond acceptors (Lipinski definition) is 3. The van der Waals surface area contributed by atoms with Crippen LogP contribution in [0.5, 0.6) is 0 Å². The van der Waals surface area contributed by atoms with Gasteiger partial charge in [-0.05, 0) is 31.7 Å². The zero-order valence-corrected chi connectivity index (χ0v) is 12.9. The first-order valence-corrected chi connectivity index (χ1v) is 7.30. The normalized spacial score (nSPS) is 12.6. The zero-order valence-electron chi connectivity index (χ0n) is 11.3. The summed E-state index contributed by atoms with van der Waals surface area (Å²) in [6.07, 6.45) is 2.53. The summed E-state index contributed by atoms with van der Waals surface area (Å²) in [6.45, 7) is 3.88. The topological polar surface area (TPSA) is 42.7 Å². The molecular weight excluding hydrogens is 304 g/mol. The van der Waals surface area contributed by atoms with Crippen LogP contribution >= 0.6 is 15.9 Å². The Balaban J connectivity index is 2.18. The minimum atomic E-state index is 0.410. The quantitative estimate of drug-likeness (QED) is 0.889. The number of likely N-dealkylation sites (N-methyl/N-ethyl adjacent to an activating group) is 1. The molecule has 1 atom stereocenters. The van der Waals surface area contributed by atoms with Gasteiger partial charge in [0.25, 0.3) is 0 Å². The van der Waals surface area contributed by atoms with Crippen molar-refractivity contribution in [2.45, 2.75) is 25.8 Å². The second-order valence-corrected chi connectivity index (χ2v) is 5.42. The summed E-state index contributed by atoms with van der Waals surface area (Å²) in [7, 11) is 1.98. The maximum atomic E-state index is 4.37. The van der Waals surface area contributed by atoms with Crippen molar-refractivity contribution in [2.24, 2.45) is 0 Å². The first-order chi connectivity index (χ1) is 9.24. The fraction of sp³-hybridized carbons (Fsp3) is 0.429. The van der Waals surface area contributed by atoms with E-state index >= 15 is 0 Å². The maximum absolute atomic E-state index is 4.37. The van der Waals surface area contributed by atoms with E-state index in [1.807, 2.05) is 11.7 Å². The van der Waals surface area contributed by atoms with Gasteiger partial charge in [-0.3, -0.25) is 4.68 Å². The molecular formula is C14H19BrN4. The smallest absolute Gasteiger partial charge is 0.138 e. The molecule has 102 valence electrons. The summed E-state index contributed by atoms with van der Waals surface area (Å²) in [4.78, 5) is 4.37. The highest BCUT2D eigenvalue weighted by Crippen LogP contribution is 2.21. The first-order valence-electron chi connectivity index (χ1n) is 6.51. The van der Waals surface area contributed by atoms with Crippen molar-refractivity contribution < 1.29 is 0 Å². The van der Waals surface area contributed by atoms with Crippen LogP contribution < -0.4 is 5.32 Å². The molecule has 4 nitrogen and oxygen atoms in total. The standard InChI is InChI=1S/C14H19BrN4/c1-3-19-14(17-10-18-19)8-12(9-16-2)11-4-6-13(15)7-5-11/h4-7,10,12,16H,3,8-9H2,1-2H3. The molecule has 2 rings (SSSR count). The molecule has 19 heavy (non-hydrogen) atoms. The van der Waals surface area contributed by atoms with E-state index in [0.717, 1.165) is 29.8 Å². The lowest BCUT2D eigenvalue weighted by atomic mass is 9.95. The molecule has 0 saturated carbocycles. The maximum Gasteiger partial charge on any atom is 0.138 e. The van der Waals surface area contributed by atoms with Crippen molar-refractivity contribution in [3.8, 4) is 0 Å². The minimum absolute atomic E-state index is 0.410. The van der Waals surface area contributed by atoms with E-state index in [4.69, 9.17) is 0 Å². The molecule has 1 aromatic carbocycles. The third-order valence-corrected chi connectivity index (χ3v) is 3.74. The van der Waals surface area contributed by atoms with Gasteiger partial charge in [-0.15, -0.1) is 0 Å². The second kappa shape index (κ2) is 6.82. The van der Waals surface area contributed by atoms with Gasteiger partial charge >= 0.3 is 0 Å². The highest BCUT2D eigenvalue weighted by molar-refractivity contribution is 9.10. The molecule has 1 unspecified atom stereocenters. The van der Waals surface area contributed by atoms with Gasteiger partial charge in [0.15, 0.2) is 0 Å². The Bertz CT molecular complexity index is 506. The Labute approximate surface area is 122 Å². The molecule has 0 spiro atoms. The Morgan fingerprint density at radius 3 is 2.68 bits per heavy atom. The van der Waals surface area contributed by atoms with E-state index in [-0.39, 0.29) is 0 Å².